The molecule has 2 unspecified atom stereocenters. The predicted molar refractivity (Wildman–Crippen MR) is 64.0 cm³/mol. The van der Waals surface area contributed by atoms with Gasteiger partial charge >= 0.3 is 6.09 Å². The fourth-order valence-electron chi connectivity index (χ4n) is 2.52. The van der Waals surface area contributed by atoms with Crippen LogP contribution >= 0.6 is 0 Å². The van der Waals surface area contributed by atoms with Crippen molar-refractivity contribution in [2.45, 2.75) is 37.8 Å². The number of nitrogens with zero attached hydrogens (tertiary/aromatic N) is 1. The summed E-state index contributed by atoms with van der Waals surface area (Å²) in [4.78, 5) is 13.7. The lowest BCUT2D eigenvalue weighted by molar-refractivity contribution is -0.00220. The lowest BCUT2D eigenvalue weighted by atomic mass is 9.92. The maximum Gasteiger partial charge on any atom is 0.410 e. The maximum absolute atomic E-state index is 11.9. The molecule has 2 rings (SSSR count). The van der Waals surface area contributed by atoms with Gasteiger partial charge in [0.1, 0.15) is 6.10 Å². The second-order valence-corrected chi connectivity index (χ2v) is 4.70. The van der Waals surface area contributed by atoms with Gasteiger partial charge in [0.25, 0.3) is 0 Å². The van der Waals surface area contributed by atoms with Gasteiger partial charge in [-0.05, 0) is 26.3 Å². The monoisotopic (exact) mass is 242 g/mol. The molecule has 2 atom stereocenters. The lowest BCUT2D eigenvalue weighted by Crippen LogP contribution is -2.47. The summed E-state index contributed by atoms with van der Waals surface area (Å²) in [6.45, 7) is 2.54. The normalized spacial score (nSPS) is 30.1. The summed E-state index contributed by atoms with van der Waals surface area (Å²) < 4.78 is 10.8. The summed E-state index contributed by atoms with van der Waals surface area (Å²) in [6, 6.07) is 0.314. The fourth-order valence-corrected chi connectivity index (χ4v) is 2.52. The Hall–Kier alpha value is -0.810. The van der Waals surface area contributed by atoms with Crippen molar-refractivity contribution in [1.82, 2.24) is 10.2 Å². The zero-order valence-corrected chi connectivity index (χ0v) is 10.5. The van der Waals surface area contributed by atoms with E-state index in [9.17, 15) is 4.79 Å². The lowest BCUT2D eigenvalue weighted by Gasteiger charge is -2.33. The highest BCUT2D eigenvalue weighted by Crippen LogP contribution is 2.21. The van der Waals surface area contributed by atoms with Crippen molar-refractivity contribution < 1.29 is 14.3 Å². The number of amides is 1. The summed E-state index contributed by atoms with van der Waals surface area (Å²) in [5.74, 6) is 0. The van der Waals surface area contributed by atoms with Crippen LogP contribution < -0.4 is 5.32 Å². The highest BCUT2D eigenvalue weighted by Gasteiger charge is 2.29. The van der Waals surface area contributed by atoms with Crippen LogP contribution in [0, 0.1) is 0 Å². The minimum Gasteiger partial charge on any atom is -0.444 e. The van der Waals surface area contributed by atoms with Gasteiger partial charge in [-0.1, -0.05) is 6.42 Å². The van der Waals surface area contributed by atoms with Crippen molar-refractivity contribution >= 4 is 6.09 Å². The Morgan fingerprint density at radius 3 is 2.71 bits per heavy atom. The van der Waals surface area contributed by atoms with E-state index in [1.165, 1.54) is 6.42 Å². The van der Waals surface area contributed by atoms with Gasteiger partial charge in [-0.15, -0.1) is 0 Å². The molecule has 0 spiro atoms. The van der Waals surface area contributed by atoms with Crippen LogP contribution in [0.4, 0.5) is 4.79 Å². The third kappa shape index (κ3) is 3.33. The Balaban J connectivity index is 1.83. The molecule has 1 saturated carbocycles. The second kappa shape index (κ2) is 6.21. The Morgan fingerprint density at radius 1 is 1.29 bits per heavy atom. The number of hydrogen-bond acceptors (Lipinski definition) is 4. The quantitative estimate of drug-likeness (QED) is 0.784. The molecule has 2 aliphatic rings. The van der Waals surface area contributed by atoms with E-state index in [1.54, 1.807) is 4.90 Å². The number of likely N-dealkylation sites (N-methyl/N-ethyl adjacent to an activating group) is 1. The van der Waals surface area contributed by atoms with Gasteiger partial charge in [-0.2, -0.15) is 0 Å². The molecule has 1 saturated heterocycles. The summed E-state index contributed by atoms with van der Waals surface area (Å²) in [5.41, 5.74) is 0. The first-order valence-electron chi connectivity index (χ1n) is 6.52. The summed E-state index contributed by atoms with van der Waals surface area (Å²) in [7, 11) is 1.94. The van der Waals surface area contributed by atoms with Gasteiger partial charge in [0.15, 0.2) is 0 Å². The van der Waals surface area contributed by atoms with Crippen molar-refractivity contribution in [2.24, 2.45) is 0 Å². The van der Waals surface area contributed by atoms with Crippen LogP contribution in [-0.2, 0) is 9.47 Å². The maximum atomic E-state index is 11.9. The van der Waals surface area contributed by atoms with Crippen molar-refractivity contribution in [3.8, 4) is 0 Å². The van der Waals surface area contributed by atoms with E-state index in [0.717, 1.165) is 19.3 Å². The van der Waals surface area contributed by atoms with E-state index in [-0.39, 0.29) is 12.2 Å². The SMILES string of the molecule is CNC1CCCCC1OC(=O)N1CCOCC1. The summed E-state index contributed by atoms with van der Waals surface area (Å²) >= 11 is 0. The molecule has 17 heavy (non-hydrogen) atoms. The van der Waals surface area contributed by atoms with Crippen molar-refractivity contribution in [3.05, 3.63) is 0 Å². The molecule has 5 nitrogen and oxygen atoms in total. The Labute approximate surface area is 102 Å². The number of carbonyl (C=O) groups excluding carboxylic acids is 1. The minimum atomic E-state index is -0.180. The van der Waals surface area contributed by atoms with E-state index >= 15 is 0 Å². The third-order valence-electron chi connectivity index (χ3n) is 3.59. The van der Waals surface area contributed by atoms with E-state index in [4.69, 9.17) is 9.47 Å². The molecule has 1 aliphatic heterocycles. The Bertz CT molecular complexity index is 254. The van der Waals surface area contributed by atoms with Gasteiger partial charge < -0.3 is 19.7 Å². The third-order valence-corrected chi connectivity index (χ3v) is 3.59. The van der Waals surface area contributed by atoms with Crippen molar-refractivity contribution in [1.29, 1.82) is 0 Å². The molecule has 5 heteroatoms. The molecule has 98 valence electrons. The number of hydrogen-bond donors (Lipinski definition) is 1. The van der Waals surface area contributed by atoms with E-state index in [1.807, 2.05) is 7.05 Å². The van der Waals surface area contributed by atoms with Crippen LogP contribution in [-0.4, -0.2) is 56.5 Å². The van der Waals surface area contributed by atoms with Gasteiger partial charge in [0.05, 0.1) is 13.2 Å². The van der Waals surface area contributed by atoms with Crippen LogP contribution in [0.3, 0.4) is 0 Å². The number of morpholine rings is 1. The molecule has 1 amide bonds. The summed E-state index contributed by atoms with van der Waals surface area (Å²) in [6.07, 6.45) is 4.29. The smallest absolute Gasteiger partial charge is 0.410 e. The van der Waals surface area contributed by atoms with Gasteiger partial charge in [-0.3, -0.25) is 0 Å². The van der Waals surface area contributed by atoms with Crippen LogP contribution in [0.5, 0.6) is 0 Å². The molecular formula is C12H22N2O3. The minimum absolute atomic E-state index is 0.0316. The highest BCUT2D eigenvalue weighted by atomic mass is 16.6. The molecule has 2 fully saturated rings. The number of ether oxygens (including phenoxy) is 2. The van der Waals surface area contributed by atoms with Gasteiger partial charge in [-0.25, -0.2) is 4.79 Å². The van der Waals surface area contributed by atoms with Gasteiger partial charge in [0.2, 0.25) is 0 Å². The molecular weight excluding hydrogens is 220 g/mol. The van der Waals surface area contributed by atoms with Crippen LogP contribution in [0.1, 0.15) is 25.7 Å². The summed E-state index contributed by atoms with van der Waals surface area (Å²) in [5, 5.41) is 3.24. The van der Waals surface area contributed by atoms with Crippen LogP contribution in [0.15, 0.2) is 0 Å². The first-order chi connectivity index (χ1) is 8.31. The predicted octanol–water partition coefficient (Wildman–Crippen LogP) is 0.986. The number of carbonyl (C=O) groups is 1. The van der Waals surface area contributed by atoms with E-state index in [0.29, 0.717) is 32.3 Å². The van der Waals surface area contributed by atoms with Crippen LogP contribution in [0.25, 0.3) is 0 Å². The average Bonchev–Trinajstić information content (AvgIpc) is 2.40. The standard InChI is InChI=1S/C12H22N2O3/c1-13-10-4-2-3-5-11(10)17-12(15)14-6-8-16-9-7-14/h10-11,13H,2-9H2,1H3. The molecule has 0 aromatic heterocycles. The Morgan fingerprint density at radius 2 is 2.00 bits per heavy atom. The molecule has 0 bridgehead atoms. The molecule has 1 aliphatic carbocycles. The molecule has 1 heterocycles. The first-order valence-corrected chi connectivity index (χ1v) is 6.52. The van der Waals surface area contributed by atoms with Crippen molar-refractivity contribution in [3.63, 3.8) is 0 Å². The Kier molecular flexibility index (Phi) is 4.62. The highest BCUT2D eigenvalue weighted by molar-refractivity contribution is 5.68. The number of rotatable bonds is 2. The largest absolute Gasteiger partial charge is 0.444 e. The topological polar surface area (TPSA) is 50.8 Å². The number of nitrogens with one attached hydrogen (secondary N) is 1. The molecule has 0 aromatic rings. The van der Waals surface area contributed by atoms with E-state index in [2.05, 4.69) is 5.32 Å². The molecule has 0 aromatic carbocycles. The fraction of sp³-hybridized carbons (Fsp3) is 0.917. The molecule has 0 radical (unpaired) electrons. The average molecular weight is 242 g/mol. The van der Waals surface area contributed by atoms with Gasteiger partial charge in [0, 0.05) is 19.1 Å². The zero-order valence-electron chi connectivity index (χ0n) is 10.5. The van der Waals surface area contributed by atoms with Crippen molar-refractivity contribution in [2.75, 3.05) is 33.4 Å². The second-order valence-electron chi connectivity index (χ2n) is 4.70. The first kappa shape index (κ1) is 12.6. The van der Waals surface area contributed by atoms with E-state index < -0.39 is 0 Å². The zero-order chi connectivity index (χ0) is 12.1. The van der Waals surface area contributed by atoms with Crippen LogP contribution in [0.2, 0.25) is 0 Å². The molecule has 1 N–H and O–H groups in total.